The molecule has 142 valence electrons. The van der Waals surface area contributed by atoms with Gasteiger partial charge in [0.1, 0.15) is 5.76 Å². The van der Waals surface area contributed by atoms with E-state index >= 15 is 0 Å². The van der Waals surface area contributed by atoms with Gasteiger partial charge < -0.3 is 9.32 Å². The molecule has 1 spiro atoms. The molecule has 1 aromatic heterocycles. The van der Waals surface area contributed by atoms with Crippen LogP contribution in [0.5, 0.6) is 0 Å². The Morgan fingerprint density at radius 3 is 2.92 bits per heavy atom. The second-order valence-corrected chi connectivity index (χ2v) is 7.74. The van der Waals surface area contributed by atoms with E-state index in [2.05, 4.69) is 36.4 Å². The molecule has 0 aromatic carbocycles. The van der Waals surface area contributed by atoms with Crippen LogP contribution in [0, 0.1) is 0 Å². The lowest BCUT2D eigenvalue weighted by molar-refractivity contribution is -0.130. The lowest BCUT2D eigenvalue weighted by atomic mass is 9.86. The van der Waals surface area contributed by atoms with Crippen LogP contribution in [0.1, 0.15) is 31.9 Å². The van der Waals surface area contributed by atoms with Gasteiger partial charge in [0, 0.05) is 51.2 Å². The Morgan fingerprint density at radius 1 is 1.35 bits per heavy atom. The van der Waals surface area contributed by atoms with Crippen molar-refractivity contribution in [1.29, 1.82) is 0 Å². The summed E-state index contributed by atoms with van der Waals surface area (Å²) in [6.45, 7) is 11.5. The van der Waals surface area contributed by atoms with E-state index in [4.69, 9.17) is 4.42 Å². The number of amides is 1. The molecule has 0 aliphatic carbocycles. The molecule has 0 N–H and O–H groups in total. The maximum atomic E-state index is 12.4. The Morgan fingerprint density at radius 2 is 2.19 bits per heavy atom. The second-order valence-electron chi connectivity index (χ2n) is 7.74. The van der Waals surface area contributed by atoms with Crippen LogP contribution in [0.15, 0.2) is 41.0 Å². The topological polar surface area (TPSA) is 39.9 Å². The van der Waals surface area contributed by atoms with Crippen molar-refractivity contribution in [3.8, 4) is 0 Å². The first-order valence-corrected chi connectivity index (χ1v) is 9.55. The minimum Gasteiger partial charge on any atom is -0.465 e. The number of furan rings is 1. The van der Waals surface area contributed by atoms with Crippen LogP contribution in [-0.2, 0) is 4.79 Å². The third-order valence-corrected chi connectivity index (χ3v) is 5.84. The van der Waals surface area contributed by atoms with Gasteiger partial charge in [-0.15, -0.1) is 6.58 Å². The number of nitrogens with zero attached hydrogens (tertiary/aromatic N) is 3. The number of hydrogen-bond donors (Lipinski definition) is 0. The van der Waals surface area contributed by atoms with Gasteiger partial charge in [-0.2, -0.15) is 0 Å². The van der Waals surface area contributed by atoms with Crippen molar-refractivity contribution in [1.82, 2.24) is 14.7 Å². The first-order chi connectivity index (χ1) is 12.5. The highest BCUT2D eigenvalue weighted by Gasteiger charge is 2.41. The molecule has 5 heteroatoms. The zero-order valence-corrected chi connectivity index (χ0v) is 16.1. The molecule has 5 nitrogen and oxygen atoms in total. The van der Waals surface area contributed by atoms with Gasteiger partial charge in [0.2, 0.25) is 5.91 Å². The summed E-state index contributed by atoms with van der Waals surface area (Å²) >= 11 is 0. The molecule has 3 heterocycles. The fraction of sp³-hybridized carbons (Fsp3) is 0.571. The van der Waals surface area contributed by atoms with Crippen molar-refractivity contribution in [2.75, 3.05) is 46.3 Å². The van der Waals surface area contributed by atoms with Gasteiger partial charge in [-0.1, -0.05) is 11.6 Å². The first-order valence-electron chi connectivity index (χ1n) is 9.55. The van der Waals surface area contributed by atoms with E-state index in [9.17, 15) is 4.79 Å². The van der Waals surface area contributed by atoms with Gasteiger partial charge >= 0.3 is 0 Å². The molecule has 0 radical (unpaired) electrons. The molecule has 2 fully saturated rings. The molecule has 2 aliphatic rings. The predicted octanol–water partition coefficient (Wildman–Crippen LogP) is 2.87. The zero-order valence-electron chi connectivity index (χ0n) is 16.1. The molecule has 1 atom stereocenters. The number of rotatable bonds is 5. The maximum Gasteiger partial charge on any atom is 0.222 e. The van der Waals surface area contributed by atoms with Crippen molar-refractivity contribution < 1.29 is 9.21 Å². The summed E-state index contributed by atoms with van der Waals surface area (Å²) in [6, 6.07) is 3.90. The Bertz CT molecular complexity index is 652. The van der Waals surface area contributed by atoms with Crippen LogP contribution in [-0.4, -0.2) is 72.5 Å². The molecule has 0 bridgehead atoms. The van der Waals surface area contributed by atoms with E-state index in [1.165, 1.54) is 5.57 Å². The number of carbonyl (C=O) groups excluding carboxylic acids is 1. The molecule has 3 rings (SSSR count). The molecular weight excluding hydrogens is 326 g/mol. The van der Waals surface area contributed by atoms with Crippen molar-refractivity contribution in [2.24, 2.45) is 0 Å². The fourth-order valence-corrected chi connectivity index (χ4v) is 4.27. The monoisotopic (exact) mass is 357 g/mol. The summed E-state index contributed by atoms with van der Waals surface area (Å²) in [5.74, 6) is 1.17. The Kier molecular flexibility index (Phi) is 5.99. The third kappa shape index (κ3) is 4.27. The van der Waals surface area contributed by atoms with E-state index < -0.39 is 0 Å². The highest BCUT2D eigenvalue weighted by molar-refractivity contribution is 5.76. The van der Waals surface area contributed by atoms with Gasteiger partial charge in [-0.05, 0) is 45.0 Å². The summed E-state index contributed by atoms with van der Waals surface area (Å²) in [5.41, 5.74) is 1.40. The average Bonchev–Trinajstić information content (AvgIpc) is 3.06. The molecular formula is C21H31N3O2. The van der Waals surface area contributed by atoms with Crippen molar-refractivity contribution in [3.63, 3.8) is 0 Å². The normalized spacial score (nSPS) is 26.3. The maximum absolute atomic E-state index is 12.4. The lowest BCUT2D eigenvalue weighted by Gasteiger charge is -2.49. The van der Waals surface area contributed by atoms with Crippen LogP contribution >= 0.6 is 0 Å². The summed E-state index contributed by atoms with van der Waals surface area (Å²) in [5, 5.41) is 0. The van der Waals surface area contributed by atoms with Crippen molar-refractivity contribution in [3.05, 3.63) is 42.4 Å². The van der Waals surface area contributed by atoms with Gasteiger partial charge in [0.15, 0.2) is 0 Å². The zero-order chi connectivity index (χ0) is 18.6. The molecule has 1 aromatic rings. The van der Waals surface area contributed by atoms with Crippen LogP contribution < -0.4 is 0 Å². The molecule has 26 heavy (non-hydrogen) atoms. The van der Waals surface area contributed by atoms with Gasteiger partial charge in [-0.3, -0.25) is 14.6 Å². The molecule has 0 unspecified atom stereocenters. The van der Waals surface area contributed by atoms with Crippen LogP contribution in [0.25, 0.3) is 6.08 Å². The van der Waals surface area contributed by atoms with E-state index in [1.54, 1.807) is 6.26 Å². The highest BCUT2D eigenvalue weighted by Crippen LogP contribution is 2.32. The predicted molar refractivity (Wildman–Crippen MR) is 105 cm³/mol. The molecule has 2 saturated heterocycles. The average molecular weight is 357 g/mol. The Hall–Kier alpha value is -1.85. The van der Waals surface area contributed by atoms with Gasteiger partial charge in [0.05, 0.1) is 6.26 Å². The molecule has 0 saturated carbocycles. The van der Waals surface area contributed by atoms with E-state index in [0.29, 0.717) is 13.0 Å². The van der Waals surface area contributed by atoms with E-state index in [0.717, 1.165) is 51.3 Å². The Balaban J connectivity index is 1.67. The second kappa shape index (κ2) is 8.23. The number of piperazine rings is 1. The van der Waals surface area contributed by atoms with Crippen molar-refractivity contribution >= 4 is 12.0 Å². The quantitative estimate of drug-likeness (QED) is 0.760. The van der Waals surface area contributed by atoms with Crippen LogP contribution in [0.4, 0.5) is 0 Å². The highest BCUT2D eigenvalue weighted by atomic mass is 16.3. The van der Waals surface area contributed by atoms with E-state index in [1.807, 2.05) is 23.1 Å². The number of likely N-dealkylation sites (N-methyl/N-ethyl adjacent to an activating group) is 1. The lowest BCUT2D eigenvalue weighted by Crippen LogP contribution is -2.61. The third-order valence-electron chi connectivity index (χ3n) is 5.84. The summed E-state index contributed by atoms with van der Waals surface area (Å²) in [7, 11) is 2.22. The molecule has 2 aliphatic heterocycles. The fourth-order valence-electron chi connectivity index (χ4n) is 4.27. The Labute approximate surface area is 156 Å². The van der Waals surface area contributed by atoms with E-state index in [-0.39, 0.29) is 11.4 Å². The van der Waals surface area contributed by atoms with Gasteiger partial charge in [-0.25, -0.2) is 0 Å². The standard InChI is InChI=1S/C21H31N3O2/c1-4-10-24-11-9-21(8-7-20(24)25)17-23(13-12-22(21)3)16-18(2)15-19-6-5-14-26-19/h4-6,14-15H,1,7-13,16-17H2,2-3H3/b18-15+/t21-/m0/s1. The minimum absolute atomic E-state index is 0.0921. The minimum atomic E-state index is 0.0921. The van der Waals surface area contributed by atoms with Crippen LogP contribution in [0.3, 0.4) is 0 Å². The van der Waals surface area contributed by atoms with Crippen LogP contribution in [0.2, 0.25) is 0 Å². The first kappa shape index (κ1) is 18.9. The summed E-state index contributed by atoms with van der Waals surface area (Å²) < 4.78 is 5.43. The van der Waals surface area contributed by atoms with Crippen molar-refractivity contribution in [2.45, 2.75) is 31.7 Å². The number of hydrogen-bond acceptors (Lipinski definition) is 4. The summed E-state index contributed by atoms with van der Waals surface area (Å²) in [6.07, 6.45) is 8.26. The number of carbonyl (C=O) groups is 1. The molecule has 1 amide bonds. The summed E-state index contributed by atoms with van der Waals surface area (Å²) in [4.78, 5) is 19.4. The van der Waals surface area contributed by atoms with Gasteiger partial charge in [0.25, 0.3) is 0 Å². The number of likely N-dealkylation sites (tertiary alicyclic amines) is 1. The SMILES string of the molecule is C=CCN1CC[C@@]2(CCC1=O)CN(C/C(C)=C/c1ccco1)CCN2C. The smallest absolute Gasteiger partial charge is 0.222 e. The largest absolute Gasteiger partial charge is 0.465 e.